The molecule has 0 spiro atoms. The standard InChI is InChI=1S/C10H10FNO3/c11-9-5-7(12(14)15)1-2-8(9)10(6-13)3-4-10/h1-2,5,13H,3-4,6H2. The van der Waals surface area contributed by atoms with Crippen LogP contribution in [0.3, 0.4) is 0 Å². The van der Waals surface area contributed by atoms with Crippen LogP contribution in [0.15, 0.2) is 18.2 Å². The molecule has 0 aromatic heterocycles. The highest BCUT2D eigenvalue weighted by Gasteiger charge is 2.45. The molecule has 1 aliphatic carbocycles. The number of nitro groups is 1. The van der Waals surface area contributed by atoms with Crippen LogP contribution in [-0.4, -0.2) is 16.6 Å². The van der Waals surface area contributed by atoms with Crippen LogP contribution in [0.4, 0.5) is 10.1 Å². The highest BCUT2D eigenvalue weighted by atomic mass is 19.1. The molecule has 0 bridgehead atoms. The molecule has 0 radical (unpaired) electrons. The van der Waals surface area contributed by atoms with Crippen LogP contribution in [0.5, 0.6) is 0 Å². The summed E-state index contributed by atoms with van der Waals surface area (Å²) in [5.41, 5.74) is -0.361. The quantitative estimate of drug-likeness (QED) is 0.612. The van der Waals surface area contributed by atoms with Gasteiger partial charge in [-0.3, -0.25) is 10.1 Å². The third-order valence-electron chi connectivity index (χ3n) is 2.89. The van der Waals surface area contributed by atoms with E-state index in [1.165, 1.54) is 12.1 Å². The fraction of sp³-hybridized carbons (Fsp3) is 0.400. The van der Waals surface area contributed by atoms with Crippen LogP contribution in [-0.2, 0) is 5.41 Å². The van der Waals surface area contributed by atoms with Gasteiger partial charge < -0.3 is 5.11 Å². The molecule has 1 N–H and O–H groups in total. The van der Waals surface area contributed by atoms with E-state index in [4.69, 9.17) is 5.11 Å². The van der Waals surface area contributed by atoms with E-state index in [9.17, 15) is 14.5 Å². The van der Waals surface area contributed by atoms with Crippen LogP contribution in [0.2, 0.25) is 0 Å². The van der Waals surface area contributed by atoms with Crippen molar-refractivity contribution in [3.63, 3.8) is 0 Å². The number of non-ortho nitro benzene ring substituents is 1. The van der Waals surface area contributed by atoms with Crippen molar-refractivity contribution in [3.8, 4) is 0 Å². The van der Waals surface area contributed by atoms with Crippen molar-refractivity contribution in [3.05, 3.63) is 39.7 Å². The Balaban J connectivity index is 2.39. The molecular formula is C10H10FNO3. The second kappa shape index (κ2) is 3.27. The molecule has 80 valence electrons. The van der Waals surface area contributed by atoms with Crippen LogP contribution in [0.25, 0.3) is 0 Å². The summed E-state index contributed by atoms with van der Waals surface area (Å²) in [4.78, 5) is 9.76. The van der Waals surface area contributed by atoms with E-state index in [-0.39, 0.29) is 12.3 Å². The molecule has 0 unspecified atom stereocenters. The van der Waals surface area contributed by atoms with Gasteiger partial charge in [-0.1, -0.05) is 0 Å². The summed E-state index contributed by atoms with van der Waals surface area (Å²) in [6.07, 6.45) is 1.47. The Morgan fingerprint density at radius 3 is 2.60 bits per heavy atom. The van der Waals surface area contributed by atoms with Gasteiger partial charge in [0, 0.05) is 11.5 Å². The Labute approximate surface area is 85.5 Å². The number of benzene rings is 1. The number of aliphatic hydroxyl groups is 1. The number of nitrogens with zero attached hydrogens (tertiary/aromatic N) is 1. The minimum Gasteiger partial charge on any atom is -0.395 e. The maximum Gasteiger partial charge on any atom is 0.272 e. The van der Waals surface area contributed by atoms with Gasteiger partial charge in [-0.2, -0.15) is 0 Å². The summed E-state index contributed by atoms with van der Waals surface area (Å²) in [5.74, 6) is -0.601. The third-order valence-corrected chi connectivity index (χ3v) is 2.89. The van der Waals surface area contributed by atoms with E-state index >= 15 is 0 Å². The zero-order valence-electron chi connectivity index (χ0n) is 7.94. The molecule has 1 fully saturated rings. The Hall–Kier alpha value is -1.49. The maximum atomic E-state index is 13.5. The lowest BCUT2D eigenvalue weighted by Crippen LogP contribution is -2.14. The first kappa shape index (κ1) is 10.0. The minimum absolute atomic E-state index is 0.109. The lowest BCUT2D eigenvalue weighted by Gasteiger charge is -2.12. The molecule has 0 aliphatic heterocycles. The number of hydrogen-bond donors (Lipinski definition) is 1. The third kappa shape index (κ3) is 1.59. The van der Waals surface area contributed by atoms with E-state index in [2.05, 4.69) is 0 Å². The molecule has 4 nitrogen and oxygen atoms in total. The van der Waals surface area contributed by atoms with Crippen molar-refractivity contribution in [1.29, 1.82) is 0 Å². The fourth-order valence-corrected chi connectivity index (χ4v) is 1.71. The van der Waals surface area contributed by atoms with Gasteiger partial charge in [-0.25, -0.2) is 4.39 Å². The van der Waals surface area contributed by atoms with E-state index in [1.54, 1.807) is 0 Å². The molecule has 0 atom stereocenters. The van der Waals surface area contributed by atoms with Gasteiger partial charge in [0.25, 0.3) is 5.69 Å². The second-order valence-electron chi connectivity index (χ2n) is 3.86. The van der Waals surface area contributed by atoms with Gasteiger partial charge in [-0.15, -0.1) is 0 Å². The van der Waals surface area contributed by atoms with E-state index < -0.39 is 16.2 Å². The number of halogens is 1. The lowest BCUT2D eigenvalue weighted by atomic mass is 9.96. The maximum absolute atomic E-state index is 13.5. The smallest absolute Gasteiger partial charge is 0.272 e. The van der Waals surface area contributed by atoms with Gasteiger partial charge in [-0.05, 0) is 24.5 Å². The molecule has 1 aliphatic rings. The summed E-state index contributed by atoms with van der Waals surface area (Å²) in [7, 11) is 0. The highest BCUT2D eigenvalue weighted by molar-refractivity contribution is 5.40. The van der Waals surface area contributed by atoms with Gasteiger partial charge in [0.15, 0.2) is 0 Å². The molecule has 1 aromatic rings. The largest absolute Gasteiger partial charge is 0.395 e. The first-order valence-corrected chi connectivity index (χ1v) is 4.64. The van der Waals surface area contributed by atoms with Crippen LogP contribution in [0, 0.1) is 15.9 Å². The zero-order chi connectivity index (χ0) is 11.1. The summed E-state index contributed by atoms with van der Waals surface area (Å²) >= 11 is 0. The summed E-state index contributed by atoms with van der Waals surface area (Å²) in [6.45, 7) is -0.109. The summed E-state index contributed by atoms with van der Waals surface area (Å²) < 4.78 is 13.5. The van der Waals surface area contributed by atoms with Crippen LogP contribution in [0.1, 0.15) is 18.4 Å². The van der Waals surface area contributed by atoms with Crippen molar-refractivity contribution in [2.75, 3.05) is 6.61 Å². The first-order valence-electron chi connectivity index (χ1n) is 4.64. The van der Waals surface area contributed by atoms with Gasteiger partial charge in [0.05, 0.1) is 17.6 Å². The van der Waals surface area contributed by atoms with Crippen LogP contribution >= 0.6 is 0 Å². The average Bonchev–Trinajstić information content (AvgIpc) is 2.98. The summed E-state index contributed by atoms with van der Waals surface area (Å²) in [5, 5.41) is 19.5. The molecule has 5 heteroatoms. The molecule has 0 heterocycles. The molecule has 0 amide bonds. The topological polar surface area (TPSA) is 63.4 Å². The van der Waals surface area contributed by atoms with Crippen molar-refractivity contribution in [1.82, 2.24) is 0 Å². The Morgan fingerprint density at radius 1 is 1.53 bits per heavy atom. The van der Waals surface area contributed by atoms with Gasteiger partial charge in [0.1, 0.15) is 5.82 Å². The number of hydrogen-bond acceptors (Lipinski definition) is 3. The van der Waals surface area contributed by atoms with Crippen molar-refractivity contribution < 1.29 is 14.4 Å². The number of aliphatic hydroxyl groups excluding tert-OH is 1. The monoisotopic (exact) mass is 211 g/mol. The van der Waals surface area contributed by atoms with E-state index in [0.717, 1.165) is 18.9 Å². The fourth-order valence-electron chi connectivity index (χ4n) is 1.71. The van der Waals surface area contributed by atoms with Crippen molar-refractivity contribution in [2.45, 2.75) is 18.3 Å². The van der Waals surface area contributed by atoms with Crippen molar-refractivity contribution >= 4 is 5.69 Å². The van der Waals surface area contributed by atoms with E-state index in [0.29, 0.717) is 5.56 Å². The van der Waals surface area contributed by atoms with Crippen molar-refractivity contribution in [2.24, 2.45) is 0 Å². The normalized spacial score (nSPS) is 17.5. The molecule has 1 aromatic carbocycles. The van der Waals surface area contributed by atoms with Gasteiger partial charge >= 0.3 is 0 Å². The SMILES string of the molecule is O=[N+]([O-])c1ccc(C2(CO)CC2)c(F)c1. The molecule has 1 saturated carbocycles. The Morgan fingerprint density at radius 2 is 2.20 bits per heavy atom. The highest BCUT2D eigenvalue weighted by Crippen LogP contribution is 2.48. The minimum atomic E-state index is -0.634. The predicted octanol–water partition coefficient (Wildman–Crippen LogP) is 1.76. The number of nitro benzene ring substituents is 1. The molecule has 0 saturated heterocycles. The molecular weight excluding hydrogens is 201 g/mol. The summed E-state index contributed by atoms with van der Waals surface area (Å²) in [6, 6.07) is 3.58. The van der Waals surface area contributed by atoms with Gasteiger partial charge in [0.2, 0.25) is 0 Å². The second-order valence-corrected chi connectivity index (χ2v) is 3.86. The number of rotatable bonds is 3. The Bertz CT molecular complexity index is 415. The van der Waals surface area contributed by atoms with E-state index in [1.807, 2.05) is 0 Å². The van der Waals surface area contributed by atoms with Crippen LogP contribution < -0.4 is 0 Å². The lowest BCUT2D eigenvalue weighted by molar-refractivity contribution is -0.385. The first-order chi connectivity index (χ1) is 7.09. The Kier molecular flexibility index (Phi) is 2.19. The average molecular weight is 211 g/mol. The zero-order valence-corrected chi connectivity index (χ0v) is 7.94. The molecule has 2 rings (SSSR count). The molecule has 15 heavy (non-hydrogen) atoms. The predicted molar refractivity (Wildman–Crippen MR) is 51.1 cm³/mol.